The Morgan fingerprint density at radius 3 is 2.64 bits per heavy atom. The normalized spacial score (nSPS) is 36.9. The van der Waals surface area contributed by atoms with E-state index in [1.165, 1.54) is 12.8 Å². The minimum atomic E-state index is 0.148. The molecule has 2 aliphatic carbocycles. The van der Waals surface area contributed by atoms with E-state index in [4.69, 9.17) is 21.1 Å². The van der Waals surface area contributed by atoms with Crippen molar-refractivity contribution < 1.29 is 9.47 Å². The number of halogens is 1. The molecular weight excluding hydrogens is 200 g/mol. The monoisotopic (exact) mass is 218 g/mol. The summed E-state index contributed by atoms with van der Waals surface area (Å²) in [5.41, 5.74) is 0. The highest BCUT2D eigenvalue weighted by atomic mass is 35.5. The van der Waals surface area contributed by atoms with Gasteiger partial charge in [-0.3, -0.25) is 0 Å². The molecule has 14 heavy (non-hydrogen) atoms. The number of alkyl halides is 1. The van der Waals surface area contributed by atoms with Crippen molar-refractivity contribution in [2.24, 2.45) is 5.92 Å². The maximum Gasteiger partial charge on any atom is 0.100 e. The van der Waals surface area contributed by atoms with Crippen LogP contribution in [0.2, 0.25) is 0 Å². The van der Waals surface area contributed by atoms with Gasteiger partial charge in [0, 0.05) is 13.2 Å². The molecule has 0 saturated heterocycles. The first-order valence-corrected chi connectivity index (χ1v) is 6.12. The van der Waals surface area contributed by atoms with Gasteiger partial charge in [-0.25, -0.2) is 0 Å². The Bertz CT molecular complexity index is 182. The van der Waals surface area contributed by atoms with Crippen molar-refractivity contribution in [3.63, 3.8) is 0 Å². The molecule has 3 atom stereocenters. The largest absolute Gasteiger partial charge is 0.375 e. The second kappa shape index (κ2) is 4.82. The van der Waals surface area contributed by atoms with Crippen LogP contribution in [-0.2, 0) is 9.47 Å². The fourth-order valence-electron chi connectivity index (χ4n) is 1.70. The van der Waals surface area contributed by atoms with Gasteiger partial charge >= 0.3 is 0 Å². The van der Waals surface area contributed by atoms with Gasteiger partial charge in [0.2, 0.25) is 0 Å². The Morgan fingerprint density at radius 1 is 1.29 bits per heavy atom. The summed E-state index contributed by atoms with van der Waals surface area (Å²) in [6.45, 7) is 3.83. The van der Waals surface area contributed by atoms with Gasteiger partial charge in [-0.1, -0.05) is 6.92 Å². The van der Waals surface area contributed by atoms with Crippen molar-refractivity contribution in [1.82, 2.24) is 0 Å². The molecule has 3 unspecified atom stereocenters. The molecule has 0 spiro atoms. The Labute approximate surface area is 90.9 Å². The quantitative estimate of drug-likeness (QED) is 0.638. The zero-order valence-electron chi connectivity index (χ0n) is 8.75. The van der Waals surface area contributed by atoms with Crippen LogP contribution in [0.25, 0.3) is 0 Å². The molecule has 0 aromatic rings. The molecule has 0 aromatic heterocycles. The lowest BCUT2D eigenvalue weighted by molar-refractivity contribution is -0.126. The van der Waals surface area contributed by atoms with Gasteiger partial charge in [0.1, 0.15) is 6.10 Å². The Hall–Kier alpha value is 0.210. The number of hydrogen-bond donors (Lipinski definition) is 0. The Morgan fingerprint density at radius 2 is 2.07 bits per heavy atom. The molecule has 0 aromatic carbocycles. The first-order valence-electron chi connectivity index (χ1n) is 5.68. The first kappa shape index (κ1) is 10.7. The van der Waals surface area contributed by atoms with E-state index in [-0.39, 0.29) is 17.6 Å². The van der Waals surface area contributed by atoms with E-state index >= 15 is 0 Å². The van der Waals surface area contributed by atoms with Crippen LogP contribution in [0.4, 0.5) is 0 Å². The van der Waals surface area contributed by atoms with Crippen LogP contribution in [-0.4, -0.2) is 30.8 Å². The lowest BCUT2D eigenvalue weighted by Crippen LogP contribution is -2.51. The lowest BCUT2D eigenvalue weighted by Gasteiger charge is -2.40. The van der Waals surface area contributed by atoms with E-state index < -0.39 is 0 Å². The minimum Gasteiger partial charge on any atom is -0.375 e. The third kappa shape index (κ3) is 2.62. The predicted molar refractivity (Wildman–Crippen MR) is 56.8 cm³/mol. The average molecular weight is 219 g/mol. The molecule has 2 rings (SSSR count). The van der Waals surface area contributed by atoms with Crippen molar-refractivity contribution in [3.05, 3.63) is 0 Å². The summed E-state index contributed by atoms with van der Waals surface area (Å²) < 4.78 is 11.4. The summed E-state index contributed by atoms with van der Waals surface area (Å²) in [6, 6.07) is 0. The highest BCUT2D eigenvalue weighted by Gasteiger charge is 2.42. The third-order valence-corrected chi connectivity index (χ3v) is 3.36. The van der Waals surface area contributed by atoms with Crippen molar-refractivity contribution in [1.29, 1.82) is 0 Å². The molecule has 2 aliphatic rings. The molecule has 3 heteroatoms. The van der Waals surface area contributed by atoms with Crippen molar-refractivity contribution in [2.75, 3.05) is 13.2 Å². The predicted octanol–water partition coefficient (Wildman–Crippen LogP) is 2.59. The second-order valence-corrected chi connectivity index (χ2v) is 4.96. The molecule has 0 radical (unpaired) electrons. The van der Waals surface area contributed by atoms with E-state index in [1.807, 2.05) is 0 Å². The number of ether oxygens (including phenoxy) is 2. The van der Waals surface area contributed by atoms with Gasteiger partial charge in [0.05, 0.1) is 11.5 Å². The van der Waals surface area contributed by atoms with E-state index in [1.54, 1.807) is 0 Å². The topological polar surface area (TPSA) is 18.5 Å². The molecule has 0 bridgehead atoms. The van der Waals surface area contributed by atoms with E-state index in [0.717, 1.165) is 32.0 Å². The van der Waals surface area contributed by atoms with E-state index in [9.17, 15) is 0 Å². The Balaban J connectivity index is 1.64. The van der Waals surface area contributed by atoms with Crippen LogP contribution in [0.5, 0.6) is 0 Å². The van der Waals surface area contributed by atoms with Gasteiger partial charge in [-0.05, 0) is 31.6 Å². The summed E-state index contributed by atoms with van der Waals surface area (Å²) in [5.74, 6) is 0.830. The summed E-state index contributed by atoms with van der Waals surface area (Å²) >= 11 is 6.07. The maximum atomic E-state index is 6.07. The SMILES string of the molecule is CCCOC1C(Cl)CC1OCC1CC1. The maximum absolute atomic E-state index is 6.07. The van der Waals surface area contributed by atoms with Gasteiger partial charge in [-0.15, -0.1) is 11.6 Å². The van der Waals surface area contributed by atoms with E-state index in [2.05, 4.69) is 6.92 Å². The molecule has 0 aliphatic heterocycles. The molecule has 0 amide bonds. The fourth-order valence-corrected chi connectivity index (χ4v) is 2.11. The molecule has 0 N–H and O–H groups in total. The molecule has 2 fully saturated rings. The first-order chi connectivity index (χ1) is 6.81. The van der Waals surface area contributed by atoms with Crippen LogP contribution >= 0.6 is 11.6 Å². The smallest absolute Gasteiger partial charge is 0.100 e. The lowest BCUT2D eigenvalue weighted by atomic mass is 9.91. The van der Waals surface area contributed by atoms with Crippen LogP contribution in [0.15, 0.2) is 0 Å². The van der Waals surface area contributed by atoms with Crippen LogP contribution in [0.1, 0.15) is 32.6 Å². The fraction of sp³-hybridized carbons (Fsp3) is 1.00. The van der Waals surface area contributed by atoms with E-state index in [0.29, 0.717) is 0 Å². The number of rotatable bonds is 6. The second-order valence-electron chi connectivity index (χ2n) is 4.40. The van der Waals surface area contributed by atoms with Crippen molar-refractivity contribution >= 4 is 11.6 Å². The van der Waals surface area contributed by atoms with Gasteiger partial charge in [-0.2, -0.15) is 0 Å². The summed E-state index contributed by atoms with van der Waals surface area (Å²) in [7, 11) is 0. The van der Waals surface area contributed by atoms with Gasteiger partial charge < -0.3 is 9.47 Å². The van der Waals surface area contributed by atoms with Crippen LogP contribution < -0.4 is 0 Å². The molecular formula is C11H19ClO2. The summed E-state index contributed by atoms with van der Waals surface area (Å²) in [4.78, 5) is 0. The highest BCUT2D eigenvalue weighted by molar-refractivity contribution is 6.21. The zero-order chi connectivity index (χ0) is 9.97. The molecule has 2 nitrogen and oxygen atoms in total. The molecule has 82 valence electrons. The molecule has 0 heterocycles. The van der Waals surface area contributed by atoms with Crippen LogP contribution in [0.3, 0.4) is 0 Å². The third-order valence-electron chi connectivity index (χ3n) is 2.94. The van der Waals surface area contributed by atoms with Gasteiger partial charge in [0.15, 0.2) is 0 Å². The van der Waals surface area contributed by atoms with Crippen molar-refractivity contribution in [2.45, 2.75) is 50.2 Å². The summed E-state index contributed by atoms with van der Waals surface area (Å²) in [5, 5.41) is 0.172. The van der Waals surface area contributed by atoms with Crippen molar-refractivity contribution in [3.8, 4) is 0 Å². The molecule has 2 saturated carbocycles. The Kier molecular flexibility index (Phi) is 3.69. The minimum absolute atomic E-state index is 0.148. The number of hydrogen-bond acceptors (Lipinski definition) is 2. The average Bonchev–Trinajstić information content (AvgIpc) is 2.96. The van der Waals surface area contributed by atoms with Gasteiger partial charge in [0.25, 0.3) is 0 Å². The summed E-state index contributed by atoms with van der Waals surface area (Å²) in [6.07, 6.45) is 5.12. The van der Waals surface area contributed by atoms with Crippen LogP contribution in [0, 0.1) is 5.92 Å². The highest BCUT2D eigenvalue weighted by Crippen LogP contribution is 2.35. The standard InChI is InChI=1S/C11H19ClO2/c1-2-5-13-11-9(12)6-10(11)14-7-8-3-4-8/h8-11H,2-7H2,1H3. The zero-order valence-corrected chi connectivity index (χ0v) is 9.50.